The first-order valence-corrected chi connectivity index (χ1v) is 22.1. The molecular formula is C51H52N8O4. The van der Waals surface area contributed by atoms with Crippen molar-refractivity contribution in [2.45, 2.75) is 69.1 Å². The highest BCUT2D eigenvalue weighted by Crippen LogP contribution is 2.37. The Kier molecular flexibility index (Phi) is 12.5. The minimum atomic E-state index is -0.880. The molecule has 3 N–H and O–H groups in total. The number of carbonyl (C=O) groups excluding carboxylic acids is 3. The summed E-state index contributed by atoms with van der Waals surface area (Å²) in [6.07, 6.45) is 9.78. The average Bonchev–Trinajstić information content (AvgIpc) is 4.19. The Morgan fingerprint density at radius 2 is 1.21 bits per heavy atom. The number of nitrogens with zero attached hydrogens (tertiary/aromatic N) is 5. The minimum absolute atomic E-state index is 0.0803. The fourth-order valence-electron chi connectivity index (χ4n) is 9.33. The normalized spacial score (nSPS) is 18.6. The molecule has 5 heterocycles. The average molecular weight is 841 g/mol. The van der Waals surface area contributed by atoms with Crippen LogP contribution in [0.4, 0.5) is 4.79 Å². The van der Waals surface area contributed by atoms with Crippen molar-refractivity contribution >= 4 is 17.9 Å². The molecule has 3 aliphatic rings. The van der Waals surface area contributed by atoms with E-state index >= 15 is 0 Å². The number of rotatable bonds is 10. The predicted octanol–water partition coefficient (Wildman–Crippen LogP) is 8.52. The lowest BCUT2D eigenvalue weighted by Crippen LogP contribution is -2.44. The SMILES string of the molecule is COC(=O)N[C@@H](C(=O)N1CCC[C@H]1c1ncc(C#Cc2ccc(-c3ccc(-c4cnc([C@@H]5CCCN5C(=O)[C@@H](c5ccccc5)N5CCCCC5)[nH]4)cc3)cc2)[nH]1)c1ccccc1. The van der Waals surface area contributed by atoms with Crippen LogP contribution in [-0.4, -0.2) is 85.8 Å². The molecule has 0 saturated carbocycles. The van der Waals surface area contributed by atoms with Crippen LogP contribution in [0.15, 0.2) is 122 Å². The highest BCUT2D eigenvalue weighted by molar-refractivity contribution is 5.87. The summed E-state index contributed by atoms with van der Waals surface area (Å²) in [7, 11) is 1.28. The molecule has 2 aromatic heterocycles. The van der Waals surface area contributed by atoms with Crippen LogP contribution in [0.5, 0.6) is 0 Å². The zero-order chi connectivity index (χ0) is 43.1. The number of imidazole rings is 2. The Morgan fingerprint density at radius 1 is 0.635 bits per heavy atom. The molecule has 4 atom stereocenters. The van der Waals surface area contributed by atoms with Gasteiger partial charge in [-0.05, 0) is 97.5 Å². The topological polar surface area (TPSA) is 140 Å². The minimum Gasteiger partial charge on any atom is -0.453 e. The Balaban J connectivity index is 0.836. The first kappa shape index (κ1) is 41.4. The van der Waals surface area contributed by atoms with Gasteiger partial charge in [0.2, 0.25) is 5.91 Å². The van der Waals surface area contributed by atoms with Crippen LogP contribution in [0.1, 0.15) is 103 Å². The molecule has 9 rings (SSSR count). The molecule has 6 aromatic rings. The van der Waals surface area contributed by atoms with E-state index in [-0.39, 0.29) is 29.9 Å². The van der Waals surface area contributed by atoms with Gasteiger partial charge in [0, 0.05) is 18.7 Å². The van der Waals surface area contributed by atoms with E-state index in [1.165, 1.54) is 13.5 Å². The highest BCUT2D eigenvalue weighted by atomic mass is 16.5. The van der Waals surface area contributed by atoms with E-state index in [1.54, 1.807) is 11.1 Å². The van der Waals surface area contributed by atoms with Crippen LogP contribution in [0, 0.1) is 11.8 Å². The van der Waals surface area contributed by atoms with Crippen molar-refractivity contribution in [3.63, 3.8) is 0 Å². The number of aromatic amines is 2. The molecule has 320 valence electrons. The third-order valence-corrected chi connectivity index (χ3v) is 12.6. The molecule has 0 aliphatic carbocycles. The quantitative estimate of drug-likeness (QED) is 0.118. The van der Waals surface area contributed by atoms with Crippen LogP contribution in [0.3, 0.4) is 0 Å². The van der Waals surface area contributed by atoms with Crippen LogP contribution >= 0.6 is 0 Å². The van der Waals surface area contributed by atoms with Gasteiger partial charge in [-0.15, -0.1) is 0 Å². The van der Waals surface area contributed by atoms with E-state index in [0.29, 0.717) is 23.6 Å². The molecule has 3 fully saturated rings. The van der Waals surface area contributed by atoms with E-state index in [2.05, 4.69) is 90.4 Å². The fraction of sp³-hybridized carbons (Fsp3) is 0.314. The summed E-state index contributed by atoms with van der Waals surface area (Å²) in [4.78, 5) is 62.9. The molecule has 4 aromatic carbocycles. The van der Waals surface area contributed by atoms with Gasteiger partial charge >= 0.3 is 6.09 Å². The first-order valence-electron chi connectivity index (χ1n) is 22.1. The third kappa shape index (κ3) is 9.15. The molecule has 0 unspecified atom stereocenters. The summed E-state index contributed by atoms with van der Waals surface area (Å²) in [5, 5.41) is 2.71. The zero-order valence-electron chi connectivity index (χ0n) is 35.5. The number of nitrogens with one attached hydrogen (secondary N) is 3. The van der Waals surface area contributed by atoms with Crippen LogP contribution in [0.2, 0.25) is 0 Å². The highest BCUT2D eigenvalue weighted by Gasteiger charge is 2.39. The van der Waals surface area contributed by atoms with Crippen molar-refractivity contribution in [2.75, 3.05) is 33.3 Å². The number of alkyl carbamates (subject to hydrolysis) is 1. The summed E-state index contributed by atoms with van der Waals surface area (Å²) in [6, 6.07) is 34.5. The van der Waals surface area contributed by atoms with Crippen molar-refractivity contribution in [2.24, 2.45) is 0 Å². The van der Waals surface area contributed by atoms with Gasteiger partial charge in [0.05, 0.1) is 37.3 Å². The largest absolute Gasteiger partial charge is 0.453 e. The molecule has 12 nitrogen and oxygen atoms in total. The second-order valence-electron chi connectivity index (χ2n) is 16.5. The van der Waals surface area contributed by atoms with Crippen molar-refractivity contribution < 1.29 is 19.1 Å². The maximum atomic E-state index is 14.4. The summed E-state index contributed by atoms with van der Waals surface area (Å²) in [5.41, 5.74) is 7.38. The zero-order valence-corrected chi connectivity index (χ0v) is 35.5. The van der Waals surface area contributed by atoms with Gasteiger partial charge in [-0.2, -0.15) is 0 Å². The van der Waals surface area contributed by atoms with E-state index in [4.69, 9.17) is 9.72 Å². The van der Waals surface area contributed by atoms with Crippen molar-refractivity contribution in [3.05, 3.63) is 156 Å². The summed E-state index contributed by atoms with van der Waals surface area (Å²) < 4.78 is 4.82. The molecule has 12 heteroatoms. The number of hydrogen-bond donors (Lipinski definition) is 3. The number of amides is 3. The van der Waals surface area contributed by atoms with Gasteiger partial charge in [-0.25, -0.2) is 14.8 Å². The van der Waals surface area contributed by atoms with E-state index in [9.17, 15) is 14.4 Å². The number of benzene rings is 4. The number of ether oxygens (including phenoxy) is 1. The number of carbonyl (C=O) groups is 3. The van der Waals surface area contributed by atoms with Gasteiger partial charge in [0.25, 0.3) is 5.91 Å². The fourth-order valence-corrected chi connectivity index (χ4v) is 9.33. The smallest absolute Gasteiger partial charge is 0.407 e. The Bertz CT molecular complexity index is 2570. The number of methoxy groups -OCH3 is 1. The third-order valence-electron chi connectivity index (χ3n) is 12.6. The van der Waals surface area contributed by atoms with Gasteiger partial charge < -0.3 is 29.8 Å². The number of aromatic nitrogens is 4. The summed E-state index contributed by atoms with van der Waals surface area (Å²) in [5.74, 6) is 7.89. The lowest BCUT2D eigenvalue weighted by Gasteiger charge is -2.37. The van der Waals surface area contributed by atoms with Crippen molar-refractivity contribution in [1.82, 2.24) is 40.0 Å². The van der Waals surface area contributed by atoms with E-state index < -0.39 is 12.1 Å². The molecule has 63 heavy (non-hydrogen) atoms. The Labute approximate surface area is 368 Å². The monoisotopic (exact) mass is 840 g/mol. The maximum Gasteiger partial charge on any atom is 0.407 e. The number of likely N-dealkylation sites (tertiary alicyclic amines) is 3. The lowest BCUT2D eigenvalue weighted by atomic mass is 10.00. The van der Waals surface area contributed by atoms with Gasteiger partial charge in [-0.3, -0.25) is 14.5 Å². The maximum absolute atomic E-state index is 14.4. The Morgan fingerprint density at radius 3 is 1.86 bits per heavy atom. The predicted molar refractivity (Wildman–Crippen MR) is 241 cm³/mol. The van der Waals surface area contributed by atoms with Crippen LogP contribution in [0.25, 0.3) is 22.4 Å². The van der Waals surface area contributed by atoms with Gasteiger partial charge in [-0.1, -0.05) is 109 Å². The van der Waals surface area contributed by atoms with E-state index in [1.807, 2.05) is 66.9 Å². The van der Waals surface area contributed by atoms with Gasteiger partial charge in [0.15, 0.2) is 0 Å². The molecule has 3 aliphatic heterocycles. The lowest BCUT2D eigenvalue weighted by molar-refractivity contribution is -0.139. The standard InChI is InChI=1S/C51H52N8O4/c1-63-51(62)56-45(39-13-5-2-6-14-39)49(60)58-31-11-17-43(58)47-52-33-41(54-47)28-21-35-19-22-36(23-20-35)37-24-26-38(27-25-37)42-34-53-48(55-42)44-18-12-32-59(44)50(61)46(40-15-7-3-8-16-40)57-29-9-4-10-30-57/h2-3,5-8,13-16,19-20,22-27,33-34,43-46H,4,9-12,17-18,29-32H2,1H3,(H,52,54)(H,53,55)(H,56,62)/t43-,44-,45+,46+/m0/s1. The van der Waals surface area contributed by atoms with Crippen LogP contribution < -0.4 is 5.32 Å². The first-order chi connectivity index (χ1) is 30.9. The summed E-state index contributed by atoms with van der Waals surface area (Å²) in [6.45, 7) is 3.17. The van der Waals surface area contributed by atoms with Crippen molar-refractivity contribution in [3.8, 4) is 34.2 Å². The number of piperidine rings is 1. The van der Waals surface area contributed by atoms with Crippen LogP contribution in [-0.2, 0) is 14.3 Å². The molecule has 3 amide bonds. The molecular weight excluding hydrogens is 789 g/mol. The second kappa shape index (κ2) is 19.0. The Hall–Kier alpha value is -6.97. The molecule has 0 radical (unpaired) electrons. The number of hydrogen-bond acceptors (Lipinski definition) is 7. The summed E-state index contributed by atoms with van der Waals surface area (Å²) >= 11 is 0. The van der Waals surface area contributed by atoms with E-state index in [0.717, 1.165) is 97.5 Å². The second-order valence-corrected chi connectivity index (χ2v) is 16.5. The van der Waals surface area contributed by atoms with Crippen molar-refractivity contribution in [1.29, 1.82) is 0 Å². The van der Waals surface area contributed by atoms with Gasteiger partial charge in [0.1, 0.15) is 29.4 Å². The number of H-pyrrole nitrogens is 2. The molecule has 3 saturated heterocycles. The molecule has 0 spiro atoms. The molecule has 0 bridgehead atoms.